The van der Waals surface area contributed by atoms with Gasteiger partial charge < -0.3 is 15.0 Å². The van der Waals surface area contributed by atoms with Crippen LogP contribution >= 0.6 is 0 Å². The molecule has 0 radical (unpaired) electrons. The first-order valence-corrected chi connectivity index (χ1v) is 6.17. The van der Waals surface area contributed by atoms with E-state index < -0.39 is 0 Å². The predicted octanol–water partition coefficient (Wildman–Crippen LogP) is 1.60. The van der Waals surface area contributed by atoms with E-state index in [0.717, 1.165) is 39.2 Å². The van der Waals surface area contributed by atoms with Crippen molar-refractivity contribution in [1.29, 1.82) is 0 Å². The molecule has 1 N–H and O–H groups in total. The van der Waals surface area contributed by atoms with Crippen LogP contribution in [-0.2, 0) is 4.74 Å². The first kappa shape index (κ1) is 14.2. The summed E-state index contributed by atoms with van der Waals surface area (Å²) in [5.74, 6) is 0. The molecular formula is C14H24N2O. The number of rotatable bonds is 7. The van der Waals surface area contributed by atoms with E-state index in [1.165, 1.54) is 11.1 Å². The molecule has 0 aliphatic carbocycles. The highest BCUT2D eigenvalue weighted by atomic mass is 16.5. The van der Waals surface area contributed by atoms with Crippen LogP contribution in [0.15, 0.2) is 36.0 Å². The quantitative estimate of drug-likeness (QED) is 0.680. The molecule has 0 amide bonds. The zero-order valence-corrected chi connectivity index (χ0v) is 11.0. The van der Waals surface area contributed by atoms with Crippen molar-refractivity contribution in [2.24, 2.45) is 0 Å². The van der Waals surface area contributed by atoms with Crippen molar-refractivity contribution in [2.45, 2.75) is 6.42 Å². The molecule has 0 fully saturated rings. The van der Waals surface area contributed by atoms with Crippen LogP contribution in [0.3, 0.4) is 0 Å². The lowest BCUT2D eigenvalue weighted by atomic mass is 10.00. The predicted molar refractivity (Wildman–Crippen MR) is 73.2 cm³/mol. The third-order valence-corrected chi connectivity index (χ3v) is 2.93. The maximum absolute atomic E-state index is 4.97. The van der Waals surface area contributed by atoms with Crippen LogP contribution in [0.4, 0.5) is 0 Å². The molecule has 0 unspecified atom stereocenters. The Balaban J connectivity index is 2.37. The van der Waals surface area contributed by atoms with Crippen molar-refractivity contribution >= 4 is 0 Å². The highest BCUT2D eigenvalue weighted by Crippen LogP contribution is 2.18. The summed E-state index contributed by atoms with van der Waals surface area (Å²) in [6.07, 6.45) is 7.50. The fourth-order valence-electron chi connectivity index (χ4n) is 1.89. The fraction of sp³-hybridized carbons (Fsp3) is 0.571. The smallest absolute Gasteiger partial charge is 0.0587 e. The Hall–Kier alpha value is -0.900. The van der Waals surface area contributed by atoms with Gasteiger partial charge in [-0.2, -0.15) is 0 Å². The van der Waals surface area contributed by atoms with Crippen LogP contribution in [-0.4, -0.2) is 51.8 Å². The van der Waals surface area contributed by atoms with E-state index in [1.807, 2.05) is 6.08 Å². The van der Waals surface area contributed by atoms with Gasteiger partial charge in [-0.3, -0.25) is 0 Å². The number of ether oxygens (including phenoxy) is 1. The van der Waals surface area contributed by atoms with Crippen molar-refractivity contribution < 1.29 is 4.74 Å². The minimum atomic E-state index is 0.763. The zero-order chi connectivity index (χ0) is 12.5. The summed E-state index contributed by atoms with van der Waals surface area (Å²) < 4.78 is 4.97. The topological polar surface area (TPSA) is 24.5 Å². The number of hydrogen-bond donors (Lipinski definition) is 1. The molecule has 0 saturated carbocycles. The molecule has 3 nitrogen and oxygen atoms in total. The van der Waals surface area contributed by atoms with Crippen LogP contribution in [0.5, 0.6) is 0 Å². The van der Waals surface area contributed by atoms with Crippen molar-refractivity contribution in [3.63, 3.8) is 0 Å². The molecule has 1 aliphatic heterocycles. The Kier molecular flexibility index (Phi) is 6.86. The Labute approximate surface area is 105 Å². The van der Waals surface area contributed by atoms with E-state index in [-0.39, 0.29) is 0 Å². The first-order valence-electron chi connectivity index (χ1n) is 6.17. The lowest BCUT2D eigenvalue weighted by molar-refractivity contribution is 0.200. The fourth-order valence-corrected chi connectivity index (χ4v) is 1.89. The SMILES string of the molecule is C=CC1=C(/C=C\CNCCOC)CCN(C)C1. The van der Waals surface area contributed by atoms with Gasteiger partial charge in [-0.25, -0.2) is 0 Å². The number of nitrogens with zero attached hydrogens (tertiary/aromatic N) is 1. The second-order valence-corrected chi connectivity index (χ2v) is 4.34. The average Bonchev–Trinajstić information content (AvgIpc) is 2.35. The first-order chi connectivity index (χ1) is 8.27. The van der Waals surface area contributed by atoms with E-state index in [4.69, 9.17) is 4.74 Å². The van der Waals surface area contributed by atoms with Crippen LogP contribution in [0.2, 0.25) is 0 Å². The summed E-state index contributed by atoms with van der Waals surface area (Å²) in [7, 11) is 3.87. The van der Waals surface area contributed by atoms with Crippen molar-refractivity contribution in [2.75, 3.05) is 46.9 Å². The second kappa shape index (κ2) is 8.23. The lowest BCUT2D eigenvalue weighted by Crippen LogP contribution is -2.27. The van der Waals surface area contributed by atoms with E-state index in [2.05, 4.69) is 36.0 Å². The summed E-state index contributed by atoms with van der Waals surface area (Å²) >= 11 is 0. The highest BCUT2D eigenvalue weighted by Gasteiger charge is 2.11. The maximum Gasteiger partial charge on any atom is 0.0587 e. The van der Waals surface area contributed by atoms with E-state index in [9.17, 15) is 0 Å². The van der Waals surface area contributed by atoms with Gasteiger partial charge in [0, 0.05) is 33.3 Å². The molecule has 1 aliphatic rings. The minimum Gasteiger partial charge on any atom is -0.383 e. The molecule has 96 valence electrons. The Morgan fingerprint density at radius 1 is 1.47 bits per heavy atom. The summed E-state index contributed by atoms with van der Waals surface area (Å²) in [5, 5.41) is 3.30. The van der Waals surface area contributed by atoms with E-state index >= 15 is 0 Å². The van der Waals surface area contributed by atoms with Gasteiger partial charge in [-0.05, 0) is 24.6 Å². The van der Waals surface area contributed by atoms with Crippen molar-refractivity contribution in [1.82, 2.24) is 10.2 Å². The number of nitrogens with one attached hydrogen (secondary N) is 1. The standard InChI is InChI=1S/C14H24N2O/c1-4-13-12-16(2)10-7-14(13)6-5-8-15-9-11-17-3/h4-6,15H,1,7-12H2,2-3H3/b6-5-. The normalized spacial score (nSPS) is 18.0. The summed E-state index contributed by atoms with van der Waals surface area (Å²) in [6.45, 7) is 8.59. The molecule has 0 aromatic carbocycles. The van der Waals surface area contributed by atoms with Crippen LogP contribution in [0, 0.1) is 0 Å². The molecular weight excluding hydrogens is 212 g/mol. The molecule has 0 spiro atoms. The van der Waals surface area contributed by atoms with Gasteiger partial charge in [-0.15, -0.1) is 0 Å². The zero-order valence-electron chi connectivity index (χ0n) is 11.0. The highest BCUT2D eigenvalue weighted by molar-refractivity contribution is 5.35. The van der Waals surface area contributed by atoms with E-state index in [0.29, 0.717) is 0 Å². The van der Waals surface area contributed by atoms with Gasteiger partial charge in [-0.1, -0.05) is 24.8 Å². The van der Waals surface area contributed by atoms with Gasteiger partial charge in [0.2, 0.25) is 0 Å². The molecule has 1 rings (SSSR count). The Morgan fingerprint density at radius 3 is 3.00 bits per heavy atom. The number of hydrogen-bond acceptors (Lipinski definition) is 3. The number of methoxy groups -OCH3 is 1. The van der Waals surface area contributed by atoms with Gasteiger partial charge >= 0.3 is 0 Å². The average molecular weight is 236 g/mol. The minimum absolute atomic E-state index is 0.763. The van der Waals surface area contributed by atoms with E-state index in [1.54, 1.807) is 7.11 Å². The van der Waals surface area contributed by atoms with Gasteiger partial charge in [0.05, 0.1) is 6.61 Å². The molecule has 1 heterocycles. The summed E-state index contributed by atoms with van der Waals surface area (Å²) in [4.78, 5) is 2.32. The maximum atomic E-state index is 4.97. The largest absolute Gasteiger partial charge is 0.383 e. The number of allylic oxidation sites excluding steroid dienone is 1. The second-order valence-electron chi connectivity index (χ2n) is 4.34. The molecule has 17 heavy (non-hydrogen) atoms. The third-order valence-electron chi connectivity index (χ3n) is 2.93. The third kappa shape index (κ3) is 5.31. The monoisotopic (exact) mass is 236 g/mol. The number of likely N-dealkylation sites (N-methyl/N-ethyl adjacent to an activating group) is 1. The lowest BCUT2D eigenvalue weighted by Gasteiger charge is -2.25. The molecule has 0 aromatic heterocycles. The molecule has 0 atom stereocenters. The van der Waals surface area contributed by atoms with Crippen molar-refractivity contribution in [3.8, 4) is 0 Å². The molecule has 3 heteroatoms. The Morgan fingerprint density at radius 2 is 2.29 bits per heavy atom. The molecule has 0 aromatic rings. The van der Waals surface area contributed by atoms with Gasteiger partial charge in [0.1, 0.15) is 0 Å². The molecule has 0 bridgehead atoms. The summed E-state index contributed by atoms with van der Waals surface area (Å²) in [5.41, 5.74) is 2.78. The Bertz CT molecular complexity index is 295. The van der Waals surface area contributed by atoms with Gasteiger partial charge in [0.15, 0.2) is 0 Å². The molecule has 0 saturated heterocycles. The van der Waals surface area contributed by atoms with Crippen molar-refractivity contribution in [3.05, 3.63) is 36.0 Å². The van der Waals surface area contributed by atoms with Gasteiger partial charge in [0.25, 0.3) is 0 Å². The summed E-state index contributed by atoms with van der Waals surface area (Å²) in [6, 6.07) is 0. The van der Waals surface area contributed by atoms with Crippen LogP contribution in [0.25, 0.3) is 0 Å². The van der Waals surface area contributed by atoms with Crippen LogP contribution < -0.4 is 5.32 Å². The van der Waals surface area contributed by atoms with Crippen LogP contribution in [0.1, 0.15) is 6.42 Å².